The summed E-state index contributed by atoms with van der Waals surface area (Å²) in [4.78, 5) is 22.6. The van der Waals surface area contributed by atoms with E-state index in [1.807, 2.05) is 0 Å². The highest BCUT2D eigenvalue weighted by Gasteiger charge is 2.29. The quantitative estimate of drug-likeness (QED) is 0.866. The van der Waals surface area contributed by atoms with Crippen LogP contribution in [0.1, 0.15) is 13.8 Å². The lowest BCUT2D eigenvalue weighted by Gasteiger charge is -2.15. The Balaban J connectivity index is 2.64. The Hall–Kier alpha value is -1.80. The molecule has 0 spiro atoms. The Kier molecular flexibility index (Phi) is 6.19. The molecule has 0 unspecified atom stereocenters. The number of benzene rings is 1. The molecule has 0 heterocycles. The monoisotopic (exact) mass is 338 g/mol. The Morgan fingerprint density at radius 1 is 1.32 bits per heavy atom. The topological polar surface area (TPSA) is 67.4 Å². The number of hydrogen-bond acceptors (Lipinski definition) is 3. The van der Waals surface area contributed by atoms with Crippen molar-refractivity contribution in [3.63, 3.8) is 0 Å². The maximum absolute atomic E-state index is 12.0. The number of alkyl halides is 3. The van der Waals surface area contributed by atoms with E-state index in [-0.39, 0.29) is 16.6 Å². The molecule has 0 aliphatic heterocycles. The van der Waals surface area contributed by atoms with E-state index in [1.54, 1.807) is 0 Å². The zero-order valence-corrected chi connectivity index (χ0v) is 12.5. The number of rotatable bonds is 5. The highest BCUT2D eigenvalue weighted by Crippen LogP contribution is 2.25. The normalized spacial score (nSPS) is 12.6. The van der Waals surface area contributed by atoms with Crippen molar-refractivity contribution in [3.8, 4) is 0 Å². The van der Waals surface area contributed by atoms with Gasteiger partial charge in [0.05, 0.1) is 10.7 Å². The van der Waals surface area contributed by atoms with Gasteiger partial charge in [0.1, 0.15) is 12.7 Å². The summed E-state index contributed by atoms with van der Waals surface area (Å²) in [5, 5.41) is 5.03. The molecule has 0 bridgehead atoms. The minimum absolute atomic E-state index is 0.178. The van der Waals surface area contributed by atoms with Crippen molar-refractivity contribution in [1.82, 2.24) is 0 Å². The summed E-state index contributed by atoms with van der Waals surface area (Å²) in [6.45, 7) is 1.00. The molecule has 0 aromatic heterocycles. The first-order chi connectivity index (χ1) is 10.1. The lowest BCUT2D eigenvalue weighted by molar-refractivity contribution is -0.184. The first-order valence-electron chi connectivity index (χ1n) is 6.15. The second-order valence-electron chi connectivity index (χ2n) is 4.43. The summed E-state index contributed by atoms with van der Waals surface area (Å²) in [7, 11) is 0. The number of carbonyl (C=O) groups is 2. The zero-order chi connectivity index (χ0) is 16.9. The molecule has 5 nitrogen and oxygen atoms in total. The van der Waals surface area contributed by atoms with Gasteiger partial charge < -0.3 is 15.4 Å². The third-order valence-corrected chi connectivity index (χ3v) is 2.73. The lowest BCUT2D eigenvalue weighted by atomic mass is 10.2. The maximum Gasteiger partial charge on any atom is 0.411 e. The molecule has 22 heavy (non-hydrogen) atoms. The highest BCUT2D eigenvalue weighted by molar-refractivity contribution is 6.34. The first kappa shape index (κ1) is 18.2. The smallest absolute Gasteiger partial charge is 0.359 e. The average Bonchev–Trinajstić information content (AvgIpc) is 2.37. The first-order valence-corrected chi connectivity index (χ1v) is 6.52. The minimum Gasteiger partial charge on any atom is -0.359 e. The van der Waals surface area contributed by atoms with Gasteiger partial charge in [-0.25, -0.2) is 0 Å². The fourth-order valence-corrected chi connectivity index (χ4v) is 1.65. The zero-order valence-electron chi connectivity index (χ0n) is 11.8. The van der Waals surface area contributed by atoms with Gasteiger partial charge in [-0.2, -0.15) is 13.2 Å². The van der Waals surface area contributed by atoms with Crippen LogP contribution >= 0.6 is 11.6 Å². The third kappa shape index (κ3) is 6.31. The van der Waals surface area contributed by atoms with Crippen molar-refractivity contribution < 1.29 is 27.5 Å². The second kappa shape index (κ2) is 7.46. The van der Waals surface area contributed by atoms with Gasteiger partial charge >= 0.3 is 6.18 Å². The molecular weight excluding hydrogens is 325 g/mol. The molecule has 1 aromatic carbocycles. The summed E-state index contributed by atoms with van der Waals surface area (Å²) in [6.07, 6.45) is -5.78. The molecule has 2 amide bonds. The Morgan fingerprint density at radius 2 is 1.95 bits per heavy atom. The molecular formula is C13H14ClF3N2O3. The summed E-state index contributed by atoms with van der Waals surface area (Å²) in [6, 6.07) is 4.27. The Morgan fingerprint density at radius 3 is 2.45 bits per heavy atom. The predicted molar refractivity (Wildman–Crippen MR) is 75.9 cm³/mol. The molecule has 0 radical (unpaired) electrons. The summed E-state index contributed by atoms with van der Waals surface area (Å²) in [5.74, 6) is -1.06. The Bertz CT molecular complexity index is 564. The van der Waals surface area contributed by atoms with Gasteiger partial charge in [-0.1, -0.05) is 11.6 Å². The van der Waals surface area contributed by atoms with E-state index in [4.69, 9.17) is 11.6 Å². The number of anilines is 2. The summed E-state index contributed by atoms with van der Waals surface area (Å²) >= 11 is 5.91. The van der Waals surface area contributed by atoms with Crippen LogP contribution in [0.25, 0.3) is 0 Å². The van der Waals surface area contributed by atoms with Crippen molar-refractivity contribution in [2.24, 2.45) is 0 Å². The van der Waals surface area contributed by atoms with Gasteiger partial charge in [-0.05, 0) is 25.1 Å². The van der Waals surface area contributed by atoms with Crippen molar-refractivity contribution in [2.75, 3.05) is 17.2 Å². The third-order valence-electron chi connectivity index (χ3n) is 2.41. The number of amides is 2. The molecule has 1 aromatic rings. The van der Waals surface area contributed by atoms with E-state index in [1.165, 1.54) is 32.0 Å². The van der Waals surface area contributed by atoms with Crippen molar-refractivity contribution in [2.45, 2.75) is 26.1 Å². The largest absolute Gasteiger partial charge is 0.411 e. The molecule has 0 saturated carbocycles. The second-order valence-corrected chi connectivity index (χ2v) is 4.84. The fraction of sp³-hybridized carbons (Fsp3) is 0.385. The van der Waals surface area contributed by atoms with E-state index >= 15 is 0 Å². The van der Waals surface area contributed by atoms with Gasteiger partial charge in [0.25, 0.3) is 5.91 Å². The number of ether oxygens (including phenoxy) is 1. The van der Waals surface area contributed by atoms with Crippen LogP contribution in [-0.4, -0.2) is 30.7 Å². The minimum atomic E-state index is -4.50. The number of hydrogen-bond donors (Lipinski definition) is 2. The van der Waals surface area contributed by atoms with E-state index in [2.05, 4.69) is 15.4 Å². The molecule has 9 heteroatoms. The average molecular weight is 339 g/mol. The van der Waals surface area contributed by atoms with Gasteiger partial charge in [0.15, 0.2) is 0 Å². The summed E-state index contributed by atoms with van der Waals surface area (Å²) < 4.78 is 40.4. The molecule has 1 atom stereocenters. The lowest BCUT2D eigenvalue weighted by Crippen LogP contribution is -2.31. The SMILES string of the molecule is CC(=O)Nc1ccc(NC(=O)[C@H](C)OCC(F)(F)F)cc1Cl. The van der Waals surface area contributed by atoms with Crippen LogP contribution in [0.2, 0.25) is 5.02 Å². The number of nitrogens with one attached hydrogen (secondary N) is 2. The molecule has 0 aliphatic carbocycles. The van der Waals surface area contributed by atoms with Gasteiger partial charge in [-0.15, -0.1) is 0 Å². The summed E-state index contributed by atoms with van der Waals surface area (Å²) in [5.41, 5.74) is 0.625. The number of halogens is 4. The molecule has 0 saturated heterocycles. The van der Waals surface area contributed by atoms with Crippen LogP contribution in [0.5, 0.6) is 0 Å². The predicted octanol–water partition coefficient (Wildman–Crippen LogP) is 3.20. The van der Waals surface area contributed by atoms with Crippen molar-refractivity contribution in [3.05, 3.63) is 23.2 Å². The Labute approximate surface area is 129 Å². The van der Waals surface area contributed by atoms with Crippen LogP contribution in [0.4, 0.5) is 24.5 Å². The van der Waals surface area contributed by atoms with Gasteiger partial charge in [0.2, 0.25) is 5.91 Å². The van der Waals surface area contributed by atoms with Gasteiger partial charge in [-0.3, -0.25) is 9.59 Å². The molecule has 122 valence electrons. The van der Waals surface area contributed by atoms with Crippen LogP contribution < -0.4 is 10.6 Å². The maximum atomic E-state index is 12.0. The van der Waals surface area contributed by atoms with Crippen LogP contribution in [-0.2, 0) is 14.3 Å². The van der Waals surface area contributed by atoms with Crippen LogP contribution in [0, 0.1) is 0 Å². The van der Waals surface area contributed by atoms with Crippen LogP contribution in [0.3, 0.4) is 0 Å². The molecule has 1 rings (SSSR count). The number of carbonyl (C=O) groups excluding carboxylic acids is 2. The van der Waals surface area contributed by atoms with E-state index < -0.39 is 24.8 Å². The van der Waals surface area contributed by atoms with Crippen molar-refractivity contribution >= 4 is 34.8 Å². The van der Waals surface area contributed by atoms with E-state index in [0.717, 1.165) is 0 Å². The van der Waals surface area contributed by atoms with Crippen molar-refractivity contribution in [1.29, 1.82) is 0 Å². The molecule has 0 aliphatic rings. The highest BCUT2D eigenvalue weighted by atomic mass is 35.5. The standard InChI is InChI=1S/C13H14ClF3N2O3/c1-7(22-6-13(15,16)17)12(21)19-9-3-4-11(10(14)5-9)18-8(2)20/h3-5,7H,6H2,1-2H3,(H,18,20)(H,19,21)/t7-/m0/s1. The van der Waals surface area contributed by atoms with Gasteiger partial charge in [0, 0.05) is 12.6 Å². The molecule has 0 fully saturated rings. The van der Waals surface area contributed by atoms with Crippen LogP contribution in [0.15, 0.2) is 18.2 Å². The fourth-order valence-electron chi connectivity index (χ4n) is 1.42. The van der Waals surface area contributed by atoms with E-state index in [9.17, 15) is 22.8 Å². The van der Waals surface area contributed by atoms with E-state index in [0.29, 0.717) is 5.69 Å². The molecule has 2 N–H and O–H groups in total.